The van der Waals surface area contributed by atoms with E-state index in [1.807, 2.05) is 18.2 Å². The summed E-state index contributed by atoms with van der Waals surface area (Å²) in [6, 6.07) is 8.19. The average Bonchev–Trinajstić information content (AvgIpc) is 3.13. The van der Waals surface area contributed by atoms with Gasteiger partial charge in [0.1, 0.15) is 18.5 Å². The number of hydrogen-bond acceptors (Lipinski definition) is 3. The maximum atomic E-state index is 5.78. The molecule has 1 heterocycles. The number of benzene rings is 1. The van der Waals surface area contributed by atoms with Gasteiger partial charge in [0.15, 0.2) is 0 Å². The minimum atomic E-state index is 0.310. The van der Waals surface area contributed by atoms with Crippen LogP contribution in [0.15, 0.2) is 24.3 Å². The van der Waals surface area contributed by atoms with Gasteiger partial charge >= 0.3 is 0 Å². The lowest BCUT2D eigenvalue weighted by Gasteiger charge is -2.23. The SMILES string of the molecule is CCN(CC)c1ccccc1OCC1CO1. The molecule has 1 aliphatic heterocycles. The fraction of sp³-hybridized carbons (Fsp3) is 0.538. The van der Waals surface area contributed by atoms with Crippen LogP contribution >= 0.6 is 0 Å². The van der Waals surface area contributed by atoms with Crippen molar-refractivity contribution in [2.24, 2.45) is 0 Å². The van der Waals surface area contributed by atoms with Crippen LogP contribution in [-0.4, -0.2) is 32.4 Å². The molecule has 1 atom stereocenters. The predicted octanol–water partition coefficient (Wildman–Crippen LogP) is 2.31. The molecule has 1 fully saturated rings. The Balaban J connectivity index is 2.08. The normalized spacial score (nSPS) is 18.2. The van der Waals surface area contributed by atoms with E-state index in [1.54, 1.807) is 0 Å². The van der Waals surface area contributed by atoms with Crippen molar-refractivity contribution in [2.75, 3.05) is 31.2 Å². The van der Waals surface area contributed by atoms with Crippen molar-refractivity contribution >= 4 is 5.69 Å². The molecule has 0 bridgehead atoms. The Kier molecular flexibility index (Phi) is 3.67. The lowest BCUT2D eigenvalue weighted by molar-refractivity contribution is 0.263. The molecule has 0 radical (unpaired) electrons. The zero-order chi connectivity index (χ0) is 11.4. The Hall–Kier alpha value is -1.22. The van der Waals surface area contributed by atoms with Crippen LogP contribution in [-0.2, 0) is 4.74 Å². The third-order valence-corrected chi connectivity index (χ3v) is 2.80. The highest BCUT2D eigenvalue weighted by molar-refractivity contribution is 5.58. The van der Waals surface area contributed by atoms with E-state index >= 15 is 0 Å². The fourth-order valence-corrected chi connectivity index (χ4v) is 1.75. The zero-order valence-electron chi connectivity index (χ0n) is 9.98. The summed E-state index contributed by atoms with van der Waals surface area (Å²) in [5.74, 6) is 0.960. The van der Waals surface area contributed by atoms with Gasteiger partial charge in [0.2, 0.25) is 0 Å². The second-order valence-corrected chi connectivity index (χ2v) is 3.91. The van der Waals surface area contributed by atoms with E-state index in [1.165, 1.54) is 5.69 Å². The molecule has 1 aromatic carbocycles. The summed E-state index contributed by atoms with van der Waals surface area (Å²) < 4.78 is 10.9. The second kappa shape index (κ2) is 5.21. The fourth-order valence-electron chi connectivity index (χ4n) is 1.75. The summed E-state index contributed by atoms with van der Waals surface area (Å²) in [7, 11) is 0. The summed E-state index contributed by atoms with van der Waals surface area (Å²) >= 11 is 0. The molecule has 0 aliphatic carbocycles. The summed E-state index contributed by atoms with van der Waals surface area (Å²) in [4.78, 5) is 2.29. The molecule has 88 valence electrons. The van der Waals surface area contributed by atoms with Gasteiger partial charge in [-0.2, -0.15) is 0 Å². The Labute approximate surface area is 97.0 Å². The Morgan fingerprint density at radius 3 is 2.62 bits per heavy atom. The molecule has 0 spiro atoms. The highest BCUT2D eigenvalue weighted by atomic mass is 16.6. The van der Waals surface area contributed by atoms with Crippen molar-refractivity contribution in [3.63, 3.8) is 0 Å². The number of nitrogens with zero attached hydrogens (tertiary/aromatic N) is 1. The molecule has 2 rings (SSSR count). The molecular formula is C13H19NO2. The van der Waals surface area contributed by atoms with Crippen LogP contribution in [0.25, 0.3) is 0 Å². The van der Waals surface area contributed by atoms with Gasteiger partial charge in [0.05, 0.1) is 12.3 Å². The van der Waals surface area contributed by atoms with E-state index in [9.17, 15) is 0 Å². The number of ether oxygens (including phenoxy) is 2. The molecule has 1 aliphatic rings. The van der Waals surface area contributed by atoms with Crippen molar-refractivity contribution < 1.29 is 9.47 Å². The van der Waals surface area contributed by atoms with Crippen LogP contribution in [0.1, 0.15) is 13.8 Å². The van der Waals surface area contributed by atoms with Crippen LogP contribution < -0.4 is 9.64 Å². The maximum Gasteiger partial charge on any atom is 0.142 e. The van der Waals surface area contributed by atoms with E-state index in [4.69, 9.17) is 9.47 Å². The molecule has 0 amide bonds. The summed E-state index contributed by atoms with van der Waals surface area (Å²) in [6.45, 7) is 7.81. The van der Waals surface area contributed by atoms with Gasteiger partial charge in [0, 0.05) is 13.1 Å². The van der Waals surface area contributed by atoms with Crippen molar-refractivity contribution in [1.82, 2.24) is 0 Å². The molecule has 16 heavy (non-hydrogen) atoms. The van der Waals surface area contributed by atoms with Gasteiger partial charge < -0.3 is 14.4 Å². The quantitative estimate of drug-likeness (QED) is 0.689. The van der Waals surface area contributed by atoms with Gasteiger partial charge in [-0.3, -0.25) is 0 Å². The third kappa shape index (κ3) is 2.67. The number of anilines is 1. The third-order valence-electron chi connectivity index (χ3n) is 2.80. The summed E-state index contributed by atoms with van der Waals surface area (Å²) in [6.07, 6.45) is 0.310. The average molecular weight is 221 g/mol. The topological polar surface area (TPSA) is 25.0 Å². The number of para-hydroxylation sites is 2. The first-order chi connectivity index (χ1) is 7.85. The summed E-state index contributed by atoms with van der Waals surface area (Å²) in [5, 5.41) is 0. The van der Waals surface area contributed by atoms with Crippen molar-refractivity contribution in [2.45, 2.75) is 20.0 Å². The molecule has 0 aromatic heterocycles. The van der Waals surface area contributed by atoms with Gasteiger partial charge in [-0.05, 0) is 26.0 Å². The lowest BCUT2D eigenvalue weighted by atomic mass is 10.2. The van der Waals surface area contributed by atoms with Crippen LogP contribution in [0.4, 0.5) is 5.69 Å². The molecule has 0 N–H and O–H groups in total. The molecule has 0 saturated carbocycles. The van der Waals surface area contributed by atoms with Gasteiger partial charge in [-0.1, -0.05) is 12.1 Å². The van der Waals surface area contributed by atoms with E-state index in [0.29, 0.717) is 12.7 Å². The van der Waals surface area contributed by atoms with Crippen molar-refractivity contribution in [3.8, 4) is 5.75 Å². The maximum absolute atomic E-state index is 5.78. The molecular weight excluding hydrogens is 202 g/mol. The zero-order valence-corrected chi connectivity index (χ0v) is 9.98. The first-order valence-corrected chi connectivity index (χ1v) is 5.93. The van der Waals surface area contributed by atoms with Gasteiger partial charge in [0.25, 0.3) is 0 Å². The second-order valence-electron chi connectivity index (χ2n) is 3.91. The predicted molar refractivity (Wildman–Crippen MR) is 65.2 cm³/mol. The highest BCUT2D eigenvalue weighted by Crippen LogP contribution is 2.28. The summed E-state index contributed by atoms with van der Waals surface area (Å²) in [5.41, 5.74) is 1.17. The van der Waals surface area contributed by atoms with Crippen LogP contribution in [0.5, 0.6) is 5.75 Å². The van der Waals surface area contributed by atoms with Gasteiger partial charge in [-0.15, -0.1) is 0 Å². The van der Waals surface area contributed by atoms with E-state index in [-0.39, 0.29) is 0 Å². The molecule has 1 unspecified atom stereocenters. The largest absolute Gasteiger partial charge is 0.489 e. The highest BCUT2D eigenvalue weighted by Gasteiger charge is 2.23. The first kappa shape index (κ1) is 11.3. The molecule has 1 aromatic rings. The Morgan fingerprint density at radius 2 is 2.00 bits per heavy atom. The van der Waals surface area contributed by atoms with Crippen LogP contribution in [0.2, 0.25) is 0 Å². The van der Waals surface area contributed by atoms with Gasteiger partial charge in [-0.25, -0.2) is 0 Å². The minimum Gasteiger partial charge on any atom is -0.489 e. The first-order valence-electron chi connectivity index (χ1n) is 5.93. The van der Waals surface area contributed by atoms with Crippen LogP contribution in [0.3, 0.4) is 0 Å². The lowest BCUT2D eigenvalue weighted by Crippen LogP contribution is -2.22. The molecule has 1 saturated heterocycles. The Bertz CT molecular complexity index is 332. The van der Waals surface area contributed by atoms with E-state index in [2.05, 4.69) is 24.8 Å². The standard InChI is InChI=1S/C13H19NO2/c1-3-14(4-2)12-7-5-6-8-13(12)16-10-11-9-15-11/h5-8,11H,3-4,9-10H2,1-2H3. The minimum absolute atomic E-state index is 0.310. The van der Waals surface area contributed by atoms with Crippen molar-refractivity contribution in [3.05, 3.63) is 24.3 Å². The Morgan fingerprint density at radius 1 is 1.31 bits per heavy atom. The van der Waals surface area contributed by atoms with Crippen LogP contribution in [0, 0.1) is 0 Å². The number of hydrogen-bond donors (Lipinski definition) is 0. The van der Waals surface area contributed by atoms with E-state index in [0.717, 1.165) is 25.4 Å². The van der Waals surface area contributed by atoms with E-state index < -0.39 is 0 Å². The molecule has 3 nitrogen and oxygen atoms in total. The monoisotopic (exact) mass is 221 g/mol. The molecule has 3 heteroatoms. The van der Waals surface area contributed by atoms with Crippen molar-refractivity contribution in [1.29, 1.82) is 0 Å². The smallest absolute Gasteiger partial charge is 0.142 e. The number of epoxide rings is 1. The number of rotatable bonds is 6.